The Morgan fingerprint density at radius 1 is 0.871 bits per heavy atom. The lowest BCUT2D eigenvalue weighted by atomic mass is 10.1. The second-order valence-electron chi connectivity index (χ2n) is 8.37. The van der Waals surface area contributed by atoms with Crippen LogP contribution in [0.4, 0.5) is 5.69 Å². The van der Waals surface area contributed by atoms with Gasteiger partial charge in [-0.1, -0.05) is 48.0 Å². The standard InChI is InChI=1S/C25H26ClN3O2/c26-20-10-8-19(9-11-20)25(31)29-16-23(24(30)17-29)28-14-12-27(13-15-28)22-7-3-5-18-4-1-2-6-21(18)22/h1-11,23-24,30H,12-17H2. The smallest absolute Gasteiger partial charge is 0.253 e. The van der Waals surface area contributed by atoms with Gasteiger partial charge in [0.2, 0.25) is 0 Å². The number of benzene rings is 3. The fourth-order valence-electron chi connectivity index (χ4n) is 4.85. The van der Waals surface area contributed by atoms with E-state index in [0.29, 0.717) is 23.7 Å². The van der Waals surface area contributed by atoms with E-state index in [1.165, 1.54) is 16.5 Å². The number of aliphatic hydroxyl groups excluding tert-OH is 1. The first-order chi connectivity index (χ1) is 15.1. The van der Waals surface area contributed by atoms with Gasteiger partial charge in [-0.05, 0) is 35.7 Å². The molecule has 0 radical (unpaired) electrons. The third kappa shape index (κ3) is 4.01. The molecule has 1 amide bonds. The molecule has 5 nitrogen and oxygen atoms in total. The van der Waals surface area contributed by atoms with Crippen LogP contribution < -0.4 is 4.90 Å². The largest absolute Gasteiger partial charge is 0.390 e. The number of carbonyl (C=O) groups is 1. The van der Waals surface area contributed by atoms with E-state index in [1.807, 2.05) is 0 Å². The maximum Gasteiger partial charge on any atom is 0.253 e. The Balaban J connectivity index is 1.24. The fraction of sp³-hybridized carbons (Fsp3) is 0.320. The first-order valence-electron chi connectivity index (χ1n) is 10.8. The Morgan fingerprint density at radius 3 is 2.35 bits per heavy atom. The summed E-state index contributed by atoms with van der Waals surface area (Å²) in [6.45, 7) is 4.47. The summed E-state index contributed by atoms with van der Waals surface area (Å²) < 4.78 is 0. The lowest BCUT2D eigenvalue weighted by Gasteiger charge is -2.40. The molecule has 31 heavy (non-hydrogen) atoms. The van der Waals surface area contributed by atoms with Crippen molar-refractivity contribution in [1.82, 2.24) is 9.80 Å². The number of hydrogen-bond donors (Lipinski definition) is 1. The van der Waals surface area contributed by atoms with Crippen molar-refractivity contribution >= 4 is 34.0 Å². The predicted molar refractivity (Wildman–Crippen MR) is 125 cm³/mol. The molecular formula is C25H26ClN3O2. The van der Waals surface area contributed by atoms with Gasteiger partial charge in [-0.2, -0.15) is 0 Å². The summed E-state index contributed by atoms with van der Waals surface area (Å²) >= 11 is 5.94. The minimum atomic E-state index is -0.527. The normalized spacial score (nSPS) is 22.3. The van der Waals surface area contributed by atoms with E-state index in [9.17, 15) is 9.90 Å². The number of anilines is 1. The molecule has 3 aromatic carbocycles. The topological polar surface area (TPSA) is 47.0 Å². The third-order valence-corrected chi connectivity index (χ3v) is 6.78. The summed E-state index contributed by atoms with van der Waals surface area (Å²) in [6, 6.07) is 21.9. The van der Waals surface area contributed by atoms with E-state index < -0.39 is 6.10 Å². The molecule has 0 saturated carbocycles. The number of likely N-dealkylation sites (tertiary alicyclic amines) is 1. The van der Waals surface area contributed by atoms with Crippen LogP contribution in [-0.4, -0.2) is 72.2 Å². The molecular weight excluding hydrogens is 410 g/mol. The number of fused-ring (bicyclic) bond motifs is 1. The Morgan fingerprint density at radius 2 is 1.58 bits per heavy atom. The highest BCUT2D eigenvalue weighted by Gasteiger charge is 2.39. The van der Waals surface area contributed by atoms with E-state index in [0.717, 1.165) is 26.2 Å². The highest BCUT2D eigenvalue weighted by Crippen LogP contribution is 2.28. The number of halogens is 1. The van der Waals surface area contributed by atoms with Crippen LogP contribution in [0.3, 0.4) is 0 Å². The maximum absolute atomic E-state index is 12.8. The molecule has 2 saturated heterocycles. The second kappa shape index (κ2) is 8.50. The summed E-state index contributed by atoms with van der Waals surface area (Å²) in [6.07, 6.45) is -0.527. The van der Waals surface area contributed by atoms with Crippen molar-refractivity contribution in [2.45, 2.75) is 12.1 Å². The van der Waals surface area contributed by atoms with Crippen molar-refractivity contribution in [3.63, 3.8) is 0 Å². The predicted octanol–water partition coefficient (Wildman–Crippen LogP) is 3.50. The Labute approximate surface area is 187 Å². The van der Waals surface area contributed by atoms with Gasteiger partial charge in [0, 0.05) is 60.9 Å². The molecule has 0 aromatic heterocycles. The van der Waals surface area contributed by atoms with Gasteiger partial charge in [-0.3, -0.25) is 9.69 Å². The number of hydrogen-bond acceptors (Lipinski definition) is 4. The third-order valence-electron chi connectivity index (χ3n) is 6.53. The minimum absolute atomic E-state index is 0.0223. The van der Waals surface area contributed by atoms with Crippen molar-refractivity contribution in [3.8, 4) is 0 Å². The zero-order chi connectivity index (χ0) is 21.4. The maximum atomic E-state index is 12.8. The number of β-amino-alcohol motifs (C(OH)–C–C–N with tert-alkyl or cyclic N) is 1. The Bertz CT molecular complexity index is 1070. The van der Waals surface area contributed by atoms with Gasteiger partial charge in [0.25, 0.3) is 5.91 Å². The molecule has 160 valence electrons. The number of nitrogens with zero attached hydrogens (tertiary/aromatic N) is 3. The van der Waals surface area contributed by atoms with Crippen molar-refractivity contribution < 1.29 is 9.90 Å². The zero-order valence-corrected chi connectivity index (χ0v) is 18.1. The van der Waals surface area contributed by atoms with Crippen LogP contribution in [0.15, 0.2) is 66.7 Å². The average molecular weight is 436 g/mol. The summed E-state index contributed by atoms with van der Waals surface area (Å²) in [5, 5.41) is 13.8. The summed E-state index contributed by atoms with van der Waals surface area (Å²) in [4.78, 5) is 19.4. The SMILES string of the molecule is O=C(c1ccc(Cl)cc1)N1CC(O)C(N2CCN(c3cccc4ccccc34)CC2)C1. The zero-order valence-electron chi connectivity index (χ0n) is 17.3. The molecule has 3 aromatic rings. The summed E-state index contributed by atoms with van der Waals surface area (Å²) in [5.74, 6) is -0.0485. The minimum Gasteiger partial charge on any atom is -0.390 e. The van der Waals surface area contributed by atoms with Crippen LogP contribution in [0.5, 0.6) is 0 Å². The molecule has 2 aliphatic heterocycles. The lowest BCUT2D eigenvalue weighted by molar-refractivity contribution is 0.0754. The fourth-order valence-corrected chi connectivity index (χ4v) is 4.97. The molecule has 0 spiro atoms. The number of rotatable bonds is 3. The number of amides is 1. The van der Waals surface area contributed by atoms with E-state index in [2.05, 4.69) is 52.3 Å². The van der Waals surface area contributed by atoms with Gasteiger partial charge in [-0.15, -0.1) is 0 Å². The number of carbonyl (C=O) groups excluding carboxylic acids is 1. The van der Waals surface area contributed by atoms with E-state index in [4.69, 9.17) is 11.6 Å². The number of aliphatic hydroxyl groups is 1. The molecule has 2 fully saturated rings. The highest BCUT2D eigenvalue weighted by molar-refractivity contribution is 6.30. The molecule has 0 aliphatic carbocycles. The van der Waals surface area contributed by atoms with Crippen LogP contribution in [0.1, 0.15) is 10.4 Å². The molecule has 2 atom stereocenters. The molecule has 2 unspecified atom stereocenters. The Hall–Kier alpha value is -2.60. The summed E-state index contributed by atoms with van der Waals surface area (Å²) in [7, 11) is 0. The first-order valence-corrected chi connectivity index (χ1v) is 11.2. The van der Waals surface area contributed by atoms with E-state index >= 15 is 0 Å². The van der Waals surface area contributed by atoms with Gasteiger partial charge in [-0.25, -0.2) is 0 Å². The van der Waals surface area contributed by atoms with Crippen LogP contribution >= 0.6 is 11.6 Å². The van der Waals surface area contributed by atoms with Crippen molar-refractivity contribution in [2.24, 2.45) is 0 Å². The molecule has 0 bridgehead atoms. The molecule has 1 N–H and O–H groups in total. The summed E-state index contributed by atoms with van der Waals surface area (Å²) in [5.41, 5.74) is 1.88. The molecule has 5 rings (SSSR count). The van der Waals surface area contributed by atoms with Gasteiger partial charge in [0.05, 0.1) is 12.1 Å². The van der Waals surface area contributed by atoms with Crippen LogP contribution in [0.25, 0.3) is 10.8 Å². The van der Waals surface area contributed by atoms with E-state index in [1.54, 1.807) is 29.2 Å². The average Bonchev–Trinajstić information content (AvgIpc) is 3.20. The molecule has 2 heterocycles. The molecule has 6 heteroatoms. The van der Waals surface area contributed by atoms with Gasteiger partial charge < -0.3 is 14.9 Å². The quantitative estimate of drug-likeness (QED) is 0.684. The van der Waals surface area contributed by atoms with E-state index in [-0.39, 0.29) is 11.9 Å². The second-order valence-corrected chi connectivity index (χ2v) is 8.81. The first kappa shape index (κ1) is 20.3. The monoisotopic (exact) mass is 435 g/mol. The van der Waals surface area contributed by atoms with Crippen molar-refractivity contribution in [3.05, 3.63) is 77.3 Å². The number of piperazine rings is 1. The van der Waals surface area contributed by atoms with Gasteiger partial charge in [0.15, 0.2) is 0 Å². The highest BCUT2D eigenvalue weighted by atomic mass is 35.5. The van der Waals surface area contributed by atoms with Gasteiger partial charge >= 0.3 is 0 Å². The lowest BCUT2D eigenvalue weighted by Crippen LogP contribution is -2.53. The van der Waals surface area contributed by atoms with Crippen LogP contribution in [0.2, 0.25) is 5.02 Å². The van der Waals surface area contributed by atoms with Crippen LogP contribution in [-0.2, 0) is 0 Å². The van der Waals surface area contributed by atoms with Crippen LogP contribution in [0, 0.1) is 0 Å². The van der Waals surface area contributed by atoms with Crippen molar-refractivity contribution in [1.29, 1.82) is 0 Å². The Kier molecular flexibility index (Phi) is 5.57. The van der Waals surface area contributed by atoms with Gasteiger partial charge in [0.1, 0.15) is 0 Å². The van der Waals surface area contributed by atoms with Crippen molar-refractivity contribution in [2.75, 3.05) is 44.2 Å². The molecule has 2 aliphatic rings.